The maximum Gasteiger partial charge on any atom is 0.223 e. The molecule has 0 aromatic carbocycles. The Balaban J connectivity index is 3.26. The summed E-state index contributed by atoms with van der Waals surface area (Å²) in [7, 11) is 1.92. The molecule has 1 aromatic rings. The zero-order valence-corrected chi connectivity index (χ0v) is 8.33. The Kier molecular flexibility index (Phi) is 3.12. The molecule has 0 unspecified atom stereocenters. The van der Waals surface area contributed by atoms with Crippen molar-refractivity contribution in [1.82, 2.24) is 4.57 Å². The molecule has 0 saturated carbocycles. The highest BCUT2D eigenvalue weighted by Gasteiger charge is 2.07. The van der Waals surface area contributed by atoms with Crippen LogP contribution in [0.3, 0.4) is 0 Å². The minimum absolute atomic E-state index is 0.0307. The fourth-order valence-electron chi connectivity index (χ4n) is 1.36. The predicted octanol–water partition coefficient (Wildman–Crippen LogP) is 1.35. The highest BCUT2D eigenvalue weighted by Crippen LogP contribution is 2.12. The van der Waals surface area contributed by atoms with E-state index in [1.807, 2.05) is 25.5 Å². The normalized spacial score (nSPS) is 10.1. The molecule has 0 aliphatic heterocycles. The summed E-state index contributed by atoms with van der Waals surface area (Å²) in [5.41, 5.74) is 0.922. The molecule has 1 rings (SSSR count). The number of hydrogen-bond acceptors (Lipinski definition) is 2. The van der Waals surface area contributed by atoms with E-state index in [1.54, 1.807) is 6.20 Å². The fraction of sp³-hybridized carbons (Fsp3) is 0.500. The molecule has 0 spiro atoms. The summed E-state index contributed by atoms with van der Waals surface area (Å²) in [6, 6.07) is 1.53. The van der Waals surface area contributed by atoms with Crippen molar-refractivity contribution >= 4 is 0 Å². The van der Waals surface area contributed by atoms with Gasteiger partial charge in [0.15, 0.2) is 5.75 Å². The second-order valence-electron chi connectivity index (χ2n) is 2.85. The Bertz CT molecular complexity index is 341. The molecule has 72 valence electrons. The quantitative estimate of drug-likeness (QED) is 0.704. The lowest BCUT2D eigenvalue weighted by atomic mass is 10.2. The van der Waals surface area contributed by atoms with Crippen LogP contribution < -0.4 is 10.2 Å². The van der Waals surface area contributed by atoms with Crippen LogP contribution in [0.25, 0.3) is 0 Å². The highest BCUT2D eigenvalue weighted by molar-refractivity contribution is 5.28. The average Bonchev–Trinajstić information content (AvgIpc) is 2.12. The standard InChI is InChI=1S/C10H15NO2/c1-4-8-10(13-5-2)9(12)6-7-11(8)3/h6-7H,4-5H2,1-3H3. The Morgan fingerprint density at radius 3 is 2.69 bits per heavy atom. The fourth-order valence-corrected chi connectivity index (χ4v) is 1.36. The predicted molar refractivity (Wildman–Crippen MR) is 52.2 cm³/mol. The minimum atomic E-state index is -0.0307. The first-order chi connectivity index (χ1) is 6.20. The molecule has 1 aromatic heterocycles. The van der Waals surface area contributed by atoms with Crippen LogP contribution in [0.5, 0.6) is 5.75 Å². The van der Waals surface area contributed by atoms with Crippen LogP contribution in [-0.2, 0) is 13.5 Å². The SMILES string of the molecule is CCOc1c(CC)n(C)ccc1=O. The van der Waals surface area contributed by atoms with Crippen LogP contribution in [0.1, 0.15) is 19.5 Å². The van der Waals surface area contributed by atoms with Gasteiger partial charge in [-0.15, -0.1) is 0 Å². The number of hydrogen-bond donors (Lipinski definition) is 0. The van der Waals surface area contributed by atoms with E-state index in [4.69, 9.17) is 4.74 Å². The van der Waals surface area contributed by atoms with E-state index in [0.717, 1.165) is 12.1 Å². The van der Waals surface area contributed by atoms with E-state index >= 15 is 0 Å². The van der Waals surface area contributed by atoms with Gasteiger partial charge in [0.2, 0.25) is 5.43 Å². The molecule has 0 saturated heterocycles. The monoisotopic (exact) mass is 181 g/mol. The molecule has 1 heterocycles. The van der Waals surface area contributed by atoms with Gasteiger partial charge in [-0.25, -0.2) is 0 Å². The van der Waals surface area contributed by atoms with Gasteiger partial charge < -0.3 is 9.30 Å². The third-order valence-electron chi connectivity index (χ3n) is 1.98. The van der Waals surface area contributed by atoms with Gasteiger partial charge in [-0.2, -0.15) is 0 Å². The summed E-state index contributed by atoms with van der Waals surface area (Å²) >= 11 is 0. The van der Waals surface area contributed by atoms with E-state index in [1.165, 1.54) is 6.07 Å². The van der Waals surface area contributed by atoms with Crippen LogP contribution in [0.15, 0.2) is 17.1 Å². The van der Waals surface area contributed by atoms with Crippen molar-refractivity contribution in [2.75, 3.05) is 6.61 Å². The van der Waals surface area contributed by atoms with Gasteiger partial charge in [-0.3, -0.25) is 4.79 Å². The molecule has 0 fully saturated rings. The molecular weight excluding hydrogens is 166 g/mol. The number of nitrogens with zero attached hydrogens (tertiary/aromatic N) is 1. The third kappa shape index (κ3) is 1.91. The number of ether oxygens (including phenoxy) is 1. The van der Waals surface area contributed by atoms with Gasteiger partial charge in [0, 0.05) is 19.3 Å². The van der Waals surface area contributed by atoms with E-state index in [0.29, 0.717) is 12.4 Å². The highest BCUT2D eigenvalue weighted by atomic mass is 16.5. The lowest BCUT2D eigenvalue weighted by Gasteiger charge is -2.11. The van der Waals surface area contributed by atoms with Crippen LogP contribution in [-0.4, -0.2) is 11.2 Å². The van der Waals surface area contributed by atoms with Crippen molar-refractivity contribution < 1.29 is 4.74 Å². The average molecular weight is 181 g/mol. The van der Waals surface area contributed by atoms with Crippen LogP contribution >= 0.6 is 0 Å². The van der Waals surface area contributed by atoms with Crippen molar-refractivity contribution in [2.24, 2.45) is 7.05 Å². The van der Waals surface area contributed by atoms with E-state index < -0.39 is 0 Å². The molecule has 13 heavy (non-hydrogen) atoms. The topological polar surface area (TPSA) is 31.2 Å². The molecule has 3 nitrogen and oxygen atoms in total. The Labute approximate surface area is 78.0 Å². The first-order valence-electron chi connectivity index (χ1n) is 4.52. The summed E-state index contributed by atoms with van der Waals surface area (Å²) in [5, 5.41) is 0. The van der Waals surface area contributed by atoms with Crippen molar-refractivity contribution in [2.45, 2.75) is 20.3 Å². The van der Waals surface area contributed by atoms with Crippen LogP contribution in [0, 0.1) is 0 Å². The number of aromatic nitrogens is 1. The van der Waals surface area contributed by atoms with E-state index in [2.05, 4.69) is 0 Å². The summed E-state index contributed by atoms with van der Waals surface area (Å²) in [4.78, 5) is 11.4. The van der Waals surface area contributed by atoms with Crippen molar-refractivity contribution in [1.29, 1.82) is 0 Å². The smallest absolute Gasteiger partial charge is 0.223 e. The summed E-state index contributed by atoms with van der Waals surface area (Å²) in [5.74, 6) is 0.495. The molecule has 0 atom stereocenters. The maximum absolute atomic E-state index is 11.4. The molecule has 0 amide bonds. The Morgan fingerprint density at radius 2 is 2.15 bits per heavy atom. The lowest BCUT2D eigenvalue weighted by molar-refractivity contribution is 0.329. The summed E-state index contributed by atoms with van der Waals surface area (Å²) < 4.78 is 7.23. The first-order valence-corrected chi connectivity index (χ1v) is 4.52. The zero-order chi connectivity index (χ0) is 9.84. The zero-order valence-electron chi connectivity index (χ0n) is 8.33. The first kappa shape index (κ1) is 9.84. The van der Waals surface area contributed by atoms with Gasteiger partial charge in [0.1, 0.15) is 0 Å². The second kappa shape index (κ2) is 4.12. The largest absolute Gasteiger partial charge is 0.488 e. The van der Waals surface area contributed by atoms with Crippen molar-refractivity contribution in [3.63, 3.8) is 0 Å². The van der Waals surface area contributed by atoms with Crippen molar-refractivity contribution in [3.05, 3.63) is 28.2 Å². The molecule has 3 heteroatoms. The van der Waals surface area contributed by atoms with Crippen LogP contribution in [0.2, 0.25) is 0 Å². The lowest BCUT2D eigenvalue weighted by Crippen LogP contribution is -2.14. The van der Waals surface area contributed by atoms with Gasteiger partial charge in [0.05, 0.1) is 12.3 Å². The minimum Gasteiger partial charge on any atom is -0.488 e. The molecular formula is C10H15NO2. The molecule has 0 aliphatic rings. The summed E-state index contributed by atoms with van der Waals surface area (Å²) in [6.45, 7) is 4.43. The van der Waals surface area contributed by atoms with E-state index in [9.17, 15) is 4.79 Å². The summed E-state index contributed by atoms with van der Waals surface area (Å²) in [6.07, 6.45) is 2.58. The van der Waals surface area contributed by atoms with E-state index in [-0.39, 0.29) is 5.43 Å². The Morgan fingerprint density at radius 1 is 1.46 bits per heavy atom. The molecule has 0 N–H and O–H groups in total. The second-order valence-corrected chi connectivity index (χ2v) is 2.85. The number of rotatable bonds is 3. The molecule has 0 aliphatic carbocycles. The van der Waals surface area contributed by atoms with Crippen molar-refractivity contribution in [3.8, 4) is 5.75 Å². The number of pyridine rings is 1. The molecule has 0 bridgehead atoms. The molecule has 0 radical (unpaired) electrons. The third-order valence-corrected chi connectivity index (χ3v) is 1.98. The van der Waals surface area contributed by atoms with Gasteiger partial charge >= 0.3 is 0 Å². The van der Waals surface area contributed by atoms with Gasteiger partial charge in [0.25, 0.3) is 0 Å². The van der Waals surface area contributed by atoms with Gasteiger partial charge in [-0.05, 0) is 13.3 Å². The maximum atomic E-state index is 11.4. The number of aryl methyl sites for hydroxylation is 1. The van der Waals surface area contributed by atoms with Crippen LogP contribution in [0.4, 0.5) is 0 Å². The Hall–Kier alpha value is -1.25. The van der Waals surface area contributed by atoms with Gasteiger partial charge in [-0.1, -0.05) is 6.92 Å².